The zero-order valence-corrected chi connectivity index (χ0v) is 19.1. The van der Waals surface area contributed by atoms with Crippen molar-refractivity contribution in [3.8, 4) is 11.5 Å². The van der Waals surface area contributed by atoms with Crippen LogP contribution in [0.25, 0.3) is 0 Å². The number of likely N-dealkylation sites (tertiary alicyclic amines) is 1. The molecule has 0 radical (unpaired) electrons. The number of hydrogen-bond acceptors (Lipinski definition) is 10. The highest BCUT2D eigenvalue weighted by Gasteiger charge is 2.69. The lowest BCUT2D eigenvalue weighted by Crippen LogP contribution is -2.70. The van der Waals surface area contributed by atoms with E-state index in [4.69, 9.17) is 18.9 Å². The number of benzene rings is 1. The maximum Gasteiger partial charge on any atom is 0.227 e. The van der Waals surface area contributed by atoms with E-state index in [1.54, 1.807) is 7.11 Å². The van der Waals surface area contributed by atoms with Crippen LogP contribution in [0.4, 0.5) is 0 Å². The number of rotatable bonds is 4. The zero-order valence-electron chi connectivity index (χ0n) is 19.1. The number of ether oxygens (including phenoxy) is 4. The van der Waals surface area contributed by atoms with E-state index in [1.165, 1.54) is 6.08 Å². The van der Waals surface area contributed by atoms with Gasteiger partial charge in [-0.25, -0.2) is 0 Å². The summed E-state index contributed by atoms with van der Waals surface area (Å²) >= 11 is 0. The van der Waals surface area contributed by atoms with Gasteiger partial charge in [-0.15, -0.1) is 0 Å². The van der Waals surface area contributed by atoms with Gasteiger partial charge in [0.2, 0.25) is 5.79 Å². The first-order valence-electron chi connectivity index (χ1n) is 11.7. The second kappa shape index (κ2) is 7.62. The zero-order chi connectivity index (χ0) is 24.0. The summed E-state index contributed by atoms with van der Waals surface area (Å²) in [6, 6.07) is 4.16. The van der Waals surface area contributed by atoms with E-state index in [-0.39, 0.29) is 12.0 Å². The van der Waals surface area contributed by atoms with E-state index in [9.17, 15) is 25.5 Å². The Morgan fingerprint density at radius 1 is 1.18 bits per heavy atom. The standard InChI is InChI=1S/C24H31NO9/c1-25-8-7-23-12-5-6-24(30,34-21-19(29)18(28)17(27)15(10-26)32-21)22(23)33-20-14(31-2)4-3-11(16(20)23)9-13(12)25/h3-6,12-13,15,17-19,21-22,26-30H,7-10H2,1-2H3/t12-,13+,15+,17-,18-,19+,21-,22+,23-,24-/m0/s1. The molecule has 10 heteroatoms. The van der Waals surface area contributed by atoms with Crippen molar-refractivity contribution < 1.29 is 44.5 Å². The first kappa shape index (κ1) is 22.7. The topological polar surface area (TPSA) is 141 Å². The van der Waals surface area contributed by atoms with Crippen LogP contribution < -0.4 is 9.47 Å². The van der Waals surface area contributed by atoms with Crippen molar-refractivity contribution in [2.75, 3.05) is 27.3 Å². The largest absolute Gasteiger partial charge is 0.493 e. The molecule has 0 unspecified atom stereocenters. The fraction of sp³-hybridized carbons (Fsp3) is 0.667. The molecule has 34 heavy (non-hydrogen) atoms. The summed E-state index contributed by atoms with van der Waals surface area (Å²) in [5.41, 5.74) is 1.61. The average molecular weight is 478 g/mol. The first-order valence-corrected chi connectivity index (χ1v) is 11.7. The van der Waals surface area contributed by atoms with Crippen molar-refractivity contribution >= 4 is 0 Å². The molecule has 6 rings (SSSR count). The van der Waals surface area contributed by atoms with Crippen LogP contribution in [0.2, 0.25) is 0 Å². The molecule has 1 aromatic rings. The lowest BCUT2D eigenvalue weighted by molar-refractivity contribution is -0.368. The Kier molecular flexibility index (Phi) is 5.08. The Bertz CT molecular complexity index is 1020. The second-order valence-electron chi connectivity index (χ2n) is 10.1. The molecule has 2 saturated heterocycles. The number of aliphatic hydroxyl groups is 5. The number of nitrogens with zero attached hydrogens (tertiary/aromatic N) is 1. The predicted molar refractivity (Wildman–Crippen MR) is 116 cm³/mol. The van der Waals surface area contributed by atoms with E-state index >= 15 is 0 Å². The number of aliphatic hydroxyl groups excluding tert-OH is 4. The average Bonchev–Trinajstić information content (AvgIpc) is 3.19. The predicted octanol–water partition coefficient (Wildman–Crippen LogP) is -1.35. The lowest BCUT2D eigenvalue weighted by atomic mass is 9.52. The molecule has 2 aliphatic carbocycles. The molecule has 2 fully saturated rings. The summed E-state index contributed by atoms with van der Waals surface area (Å²) in [5, 5.41) is 52.3. The minimum absolute atomic E-state index is 0.0655. The van der Waals surface area contributed by atoms with Crippen molar-refractivity contribution in [1.29, 1.82) is 0 Å². The minimum atomic E-state index is -2.01. The van der Waals surface area contributed by atoms with Gasteiger partial charge in [0.15, 0.2) is 23.9 Å². The van der Waals surface area contributed by atoms with E-state index in [0.29, 0.717) is 17.9 Å². The number of methoxy groups -OCH3 is 1. The van der Waals surface area contributed by atoms with Crippen molar-refractivity contribution in [3.63, 3.8) is 0 Å². The van der Waals surface area contributed by atoms with Gasteiger partial charge in [0.25, 0.3) is 0 Å². The van der Waals surface area contributed by atoms with Crippen LogP contribution in [0.5, 0.6) is 11.5 Å². The Morgan fingerprint density at radius 2 is 1.97 bits per heavy atom. The van der Waals surface area contributed by atoms with Gasteiger partial charge in [0.05, 0.1) is 19.1 Å². The quantitative estimate of drug-likeness (QED) is 0.261. The van der Waals surface area contributed by atoms with Gasteiger partial charge in [0, 0.05) is 17.5 Å². The Labute approximate surface area is 196 Å². The highest BCUT2D eigenvalue weighted by molar-refractivity contribution is 5.62. The molecule has 2 bridgehead atoms. The maximum atomic E-state index is 11.9. The highest BCUT2D eigenvalue weighted by atomic mass is 16.8. The van der Waals surface area contributed by atoms with Crippen LogP contribution >= 0.6 is 0 Å². The summed E-state index contributed by atoms with van der Waals surface area (Å²) in [7, 11) is 3.69. The maximum absolute atomic E-state index is 11.9. The lowest BCUT2D eigenvalue weighted by Gasteiger charge is -2.58. The fourth-order valence-corrected chi connectivity index (χ4v) is 6.87. The van der Waals surface area contributed by atoms with E-state index < -0.39 is 54.6 Å². The van der Waals surface area contributed by atoms with E-state index in [0.717, 1.165) is 24.1 Å². The summed E-state index contributed by atoms with van der Waals surface area (Å²) in [4.78, 5) is 2.34. The summed E-state index contributed by atoms with van der Waals surface area (Å²) in [6.45, 7) is 0.214. The van der Waals surface area contributed by atoms with Gasteiger partial charge in [-0.1, -0.05) is 12.1 Å². The SMILES string of the molecule is COc1ccc2c3c1O[C@@H]1[C@]34CCN(C)[C@H](C2)[C@@H]4C=C[C@]1(O)O[C@@H]1O[C@H](CO)[C@H](O)[C@H](O)[C@H]1O. The Hall–Kier alpha value is -1.76. The second-order valence-corrected chi connectivity index (χ2v) is 10.1. The smallest absolute Gasteiger partial charge is 0.227 e. The van der Waals surface area contributed by atoms with Crippen LogP contribution in [0.1, 0.15) is 17.5 Å². The van der Waals surface area contributed by atoms with Crippen LogP contribution in [0.15, 0.2) is 24.3 Å². The molecule has 5 aliphatic rings. The molecule has 3 aliphatic heterocycles. The van der Waals surface area contributed by atoms with Crippen LogP contribution in [0, 0.1) is 5.92 Å². The number of hydrogen-bond donors (Lipinski definition) is 5. The number of likely N-dealkylation sites (N-methyl/N-ethyl adjacent to an activating group) is 1. The summed E-state index contributed by atoms with van der Waals surface area (Å²) in [5.74, 6) is -0.773. The van der Waals surface area contributed by atoms with Crippen LogP contribution in [-0.2, 0) is 21.3 Å². The normalized spacial score (nSPS) is 46.7. The minimum Gasteiger partial charge on any atom is -0.493 e. The monoisotopic (exact) mass is 477 g/mol. The number of piperidine rings is 1. The molecule has 3 heterocycles. The fourth-order valence-electron chi connectivity index (χ4n) is 6.87. The van der Waals surface area contributed by atoms with Crippen LogP contribution in [0.3, 0.4) is 0 Å². The molecule has 10 nitrogen and oxygen atoms in total. The molecule has 0 amide bonds. The van der Waals surface area contributed by atoms with Crippen molar-refractivity contribution in [2.24, 2.45) is 5.92 Å². The summed E-state index contributed by atoms with van der Waals surface area (Å²) in [6.07, 6.45) is -3.23. The molecule has 0 aromatic heterocycles. The van der Waals surface area contributed by atoms with Crippen molar-refractivity contribution in [3.05, 3.63) is 35.4 Å². The first-order chi connectivity index (χ1) is 16.2. The molecule has 10 atom stereocenters. The molecule has 1 aromatic carbocycles. The summed E-state index contributed by atoms with van der Waals surface area (Å²) < 4.78 is 23.6. The molecular formula is C24H31NO9. The van der Waals surface area contributed by atoms with Crippen molar-refractivity contribution in [1.82, 2.24) is 4.90 Å². The third kappa shape index (κ3) is 2.79. The highest BCUT2D eigenvalue weighted by Crippen LogP contribution is 2.64. The Balaban J connectivity index is 1.43. The van der Waals surface area contributed by atoms with Gasteiger partial charge in [-0.2, -0.15) is 0 Å². The van der Waals surface area contributed by atoms with Gasteiger partial charge in [-0.05, 0) is 44.1 Å². The van der Waals surface area contributed by atoms with Crippen LogP contribution in [-0.4, -0.2) is 106 Å². The third-order valence-electron chi connectivity index (χ3n) is 8.55. The van der Waals surface area contributed by atoms with Gasteiger partial charge >= 0.3 is 0 Å². The van der Waals surface area contributed by atoms with Gasteiger partial charge in [-0.3, -0.25) is 0 Å². The van der Waals surface area contributed by atoms with E-state index in [1.807, 2.05) is 12.1 Å². The van der Waals surface area contributed by atoms with Gasteiger partial charge < -0.3 is 49.4 Å². The molecule has 186 valence electrons. The molecule has 5 N–H and O–H groups in total. The Morgan fingerprint density at radius 3 is 2.71 bits per heavy atom. The molecule has 1 spiro atoms. The van der Waals surface area contributed by atoms with Gasteiger partial charge in [0.1, 0.15) is 24.4 Å². The van der Waals surface area contributed by atoms with Crippen molar-refractivity contribution in [2.45, 2.75) is 66.9 Å². The molecule has 0 saturated carbocycles. The molecular weight excluding hydrogens is 446 g/mol. The third-order valence-corrected chi connectivity index (χ3v) is 8.55. The van der Waals surface area contributed by atoms with E-state index in [2.05, 4.69) is 18.0 Å².